The van der Waals surface area contributed by atoms with Gasteiger partial charge in [-0.25, -0.2) is 4.98 Å². The highest BCUT2D eigenvalue weighted by atomic mass is 32.1. The molecule has 0 atom stereocenters. The Morgan fingerprint density at radius 1 is 1.00 bits per heavy atom. The number of thiophene rings is 1. The van der Waals surface area contributed by atoms with Crippen LogP contribution in [-0.4, -0.2) is 68.2 Å². The average molecular weight is 504 g/mol. The van der Waals surface area contributed by atoms with Crippen LogP contribution in [0, 0.1) is 0 Å². The second kappa shape index (κ2) is 10.4. The summed E-state index contributed by atoms with van der Waals surface area (Å²) in [6.45, 7) is 4.04. The van der Waals surface area contributed by atoms with Crippen LogP contribution in [0.15, 0.2) is 53.9 Å². The van der Waals surface area contributed by atoms with Gasteiger partial charge in [-0.1, -0.05) is 12.1 Å². The Hall–Kier alpha value is -3.89. The van der Waals surface area contributed by atoms with Crippen molar-refractivity contribution in [3.8, 4) is 5.75 Å². The molecular weight excluding hydrogens is 474 g/mol. The molecule has 1 aliphatic heterocycles. The number of carbonyl (C=O) groups is 1. The molecule has 0 unspecified atom stereocenters. The molecule has 0 bridgehead atoms. The number of amides is 1. The summed E-state index contributed by atoms with van der Waals surface area (Å²) in [4.78, 5) is 26.5. The Morgan fingerprint density at radius 2 is 1.81 bits per heavy atom. The average Bonchev–Trinajstić information content (AvgIpc) is 3.38. The van der Waals surface area contributed by atoms with E-state index in [1.807, 2.05) is 35.7 Å². The molecule has 1 saturated heterocycles. The number of ether oxygens (including phenoxy) is 1. The van der Waals surface area contributed by atoms with E-state index in [1.165, 1.54) is 0 Å². The predicted molar refractivity (Wildman–Crippen MR) is 147 cm³/mol. The Bertz CT molecular complexity index is 1380. The molecule has 9 nitrogen and oxygen atoms in total. The lowest BCUT2D eigenvalue weighted by molar-refractivity contribution is 0.0964. The molecular formula is C26H29N7O2S. The van der Waals surface area contributed by atoms with E-state index >= 15 is 0 Å². The second-order valence-electron chi connectivity index (χ2n) is 8.58. The number of piperazine rings is 1. The number of aromatic nitrogens is 2. The van der Waals surface area contributed by atoms with E-state index in [0.717, 1.165) is 53.5 Å². The standard InChI is InChI=1S/C26H29N7O2S/c1-27-25(34)18-6-4-5-7-19(18)28-24-23-21(10-15-36-23)30-26(31-24)29-20-9-8-17(16-22(20)35-3)33-13-11-32(2)12-14-33/h4-10,15-16H,11-14H2,1-3H3,(H,27,34)(H2,28,29,30,31). The maximum absolute atomic E-state index is 12.4. The predicted octanol–water partition coefficient (Wildman–Crippen LogP) is 4.30. The fourth-order valence-electron chi connectivity index (χ4n) is 4.22. The molecule has 4 aromatic rings. The molecule has 10 heteroatoms. The fourth-order valence-corrected chi connectivity index (χ4v) is 5.00. The maximum atomic E-state index is 12.4. The lowest BCUT2D eigenvalue weighted by Gasteiger charge is -2.34. The van der Waals surface area contributed by atoms with Crippen LogP contribution < -0.4 is 25.6 Å². The number of rotatable bonds is 7. The van der Waals surface area contributed by atoms with Gasteiger partial charge in [-0.15, -0.1) is 11.3 Å². The number of para-hydroxylation sites is 1. The van der Waals surface area contributed by atoms with Gasteiger partial charge in [-0.3, -0.25) is 4.79 Å². The third kappa shape index (κ3) is 4.91. The first-order valence-corrected chi connectivity index (χ1v) is 12.7. The molecule has 0 spiro atoms. The summed E-state index contributed by atoms with van der Waals surface area (Å²) in [6, 6.07) is 15.5. The molecule has 36 heavy (non-hydrogen) atoms. The topological polar surface area (TPSA) is 94.6 Å². The molecule has 2 aromatic carbocycles. The fraction of sp³-hybridized carbons (Fsp3) is 0.269. The van der Waals surface area contributed by atoms with Crippen LogP contribution in [0.2, 0.25) is 0 Å². The summed E-state index contributed by atoms with van der Waals surface area (Å²) in [5, 5.41) is 11.3. The first-order valence-electron chi connectivity index (χ1n) is 11.8. The summed E-state index contributed by atoms with van der Waals surface area (Å²) < 4.78 is 6.62. The summed E-state index contributed by atoms with van der Waals surface area (Å²) in [6.07, 6.45) is 0. The Kier molecular flexibility index (Phi) is 6.88. The van der Waals surface area contributed by atoms with E-state index < -0.39 is 0 Å². The van der Waals surface area contributed by atoms with Gasteiger partial charge in [0.25, 0.3) is 5.91 Å². The first kappa shape index (κ1) is 23.8. The zero-order valence-electron chi connectivity index (χ0n) is 20.5. The van der Waals surface area contributed by atoms with E-state index in [9.17, 15) is 4.79 Å². The summed E-state index contributed by atoms with van der Waals surface area (Å²) in [5.41, 5.74) is 3.93. The number of hydrogen-bond donors (Lipinski definition) is 3. The Balaban J connectivity index is 1.44. The largest absolute Gasteiger partial charge is 0.494 e. The quantitative estimate of drug-likeness (QED) is 0.344. The molecule has 1 amide bonds. The third-order valence-corrected chi connectivity index (χ3v) is 7.17. The zero-order chi connectivity index (χ0) is 25.1. The van der Waals surface area contributed by atoms with Crippen molar-refractivity contribution >= 4 is 56.3 Å². The molecule has 3 heterocycles. The van der Waals surface area contributed by atoms with Gasteiger partial charge in [0.2, 0.25) is 5.95 Å². The summed E-state index contributed by atoms with van der Waals surface area (Å²) >= 11 is 1.54. The van der Waals surface area contributed by atoms with Crippen LogP contribution in [0.25, 0.3) is 10.2 Å². The Morgan fingerprint density at radius 3 is 2.58 bits per heavy atom. The van der Waals surface area contributed by atoms with Crippen LogP contribution >= 0.6 is 11.3 Å². The molecule has 1 aliphatic rings. The second-order valence-corrected chi connectivity index (χ2v) is 9.50. The van der Waals surface area contributed by atoms with Crippen molar-refractivity contribution in [3.05, 3.63) is 59.5 Å². The van der Waals surface area contributed by atoms with Crippen molar-refractivity contribution in [1.29, 1.82) is 0 Å². The van der Waals surface area contributed by atoms with Crippen molar-refractivity contribution in [2.45, 2.75) is 0 Å². The number of anilines is 5. The molecule has 0 radical (unpaired) electrons. The van der Waals surface area contributed by atoms with Gasteiger partial charge >= 0.3 is 0 Å². The highest BCUT2D eigenvalue weighted by molar-refractivity contribution is 7.17. The van der Waals surface area contributed by atoms with Gasteiger partial charge in [-0.05, 0) is 42.8 Å². The lowest BCUT2D eigenvalue weighted by Crippen LogP contribution is -2.44. The van der Waals surface area contributed by atoms with Crippen molar-refractivity contribution < 1.29 is 9.53 Å². The number of carbonyl (C=O) groups excluding carboxylic acids is 1. The minimum atomic E-state index is -0.168. The maximum Gasteiger partial charge on any atom is 0.253 e. The summed E-state index contributed by atoms with van der Waals surface area (Å²) in [5.74, 6) is 1.62. The number of hydrogen-bond acceptors (Lipinski definition) is 9. The third-order valence-electron chi connectivity index (χ3n) is 6.26. The highest BCUT2D eigenvalue weighted by Crippen LogP contribution is 2.35. The van der Waals surface area contributed by atoms with Gasteiger partial charge in [0.1, 0.15) is 5.75 Å². The summed E-state index contributed by atoms with van der Waals surface area (Å²) in [7, 11) is 5.43. The SMILES string of the molecule is CNC(=O)c1ccccc1Nc1nc(Nc2ccc(N3CCN(C)CC3)cc2OC)nc2ccsc12. The van der Waals surface area contributed by atoms with E-state index in [0.29, 0.717) is 23.0 Å². The van der Waals surface area contributed by atoms with Crippen LogP contribution in [0.3, 0.4) is 0 Å². The van der Waals surface area contributed by atoms with Gasteiger partial charge in [-0.2, -0.15) is 4.98 Å². The van der Waals surface area contributed by atoms with E-state index in [2.05, 4.69) is 44.9 Å². The van der Waals surface area contributed by atoms with Gasteiger partial charge in [0.05, 0.1) is 34.3 Å². The minimum absolute atomic E-state index is 0.168. The number of likely N-dealkylation sites (N-methyl/N-ethyl adjacent to an activating group) is 1. The number of methoxy groups -OCH3 is 1. The highest BCUT2D eigenvalue weighted by Gasteiger charge is 2.18. The Labute approximate surface area is 214 Å². The van der Waals surface area contributed by atoms with Gasteiger partial charge in [0.15, 0.2) is 5.82 Å². The molecule has 1 fully saturated rings. The van der Waals surface area contributed by atoms with E-state index in [1.54, 1.807) is 31.6 Å². The molecule has 2 aromatic heterocycles. The molecule has 3 N–H and O–H groups in total. The van der Waals surface area contributed by atoms with E-state index in [4.69, 9.17) is 14.7 Å². The first-order chi connectivity index (χ1) is 17.6. The monoisotopic (exact) mass is 503 g/mol. The molecule has 0 aliphatic carbocycles. The molecule has 0 saturated carbocycles. The van der Waals surface area contributed by atoms with Crippen molar-refractivity contribution in [1.82, 2.24) is 20.2 Å². The van der Waals surface area contributed by atoms with Gasteiger partial charge < -0.3 is 30.5 Å². The van der Waals surface area contributed by atoms with Crippen LogP contribution in [0.1, 0.15) is 10.4 Å². The van der Waals surface area contributed by atoms with Crippen molar-refractivity contribution in [2.75, 3.05) is 62.9 Å². The smallest absolute Gasteiger partial charge is 0.253 e. The van der Waals surface area contributed by atoms with Crippen LogP contribution in [-0.2, 0) is 0 Å². The van der Waals surface area contributed by atoms with Crippen molar-refractivity contribution in [2.24, 2.45) is 0 Å². The van der Waals surface area contributed by atoms with E-state index in [-0.39, 0.29) is 5.91 Å². The van der Waals surface area contributed by atoms with Crippen molar-refractivity contribution in [3.63, 3.8) is 0 Å². The number of fused-ring (bicyclic) bond motifs is 1. The van der Waals surface area contributed by atoms with Gasteiger partial charge in [0, 0.05) is 45.0 Å². The lowest BCUT2D eigenvalue weighted by atomic mass is 10.1. The van der Waals surface area contributed by atoms with Crippen LogP contribution in [0.5, 0.6) is 5.75 Å². The number of benzene rings is 2. The molecule has 186 valence electrons. The normalized spacial score (nSPS) is 14.0. The van der Waals surface area contributed by atoms with Crippen LogP contribution in [0.4, 0.5) is 28.8 Å². The molecule has 5 rings (SSSR count). The number of nitrogens with zero attached hydrogens (tertiary/aromatic N) is 4. The number of nitrogens with one attached hydrogen (secondary N) is 3. The zero-order valence-corrected chi connectivity index (χ0v) is 21.4. The minimum Gasteiger partial charge on any atom is -0.494 e.